The van der Waals surface area contributed by atoms with E-state index in [0.717, 1.165) is 23.4 Å². The summed E-state index contributed by atoms with van der Waals surface area (Å²) >= 11 is 12.4. The second-order valence-electron chi connectivity index (χ2n) is 6.12. The van der Waals surface area contributed by atoms with Gasteiger partial charge in [0.2, 0.25) is 0 Å². The molecule has 6 nitrogen and oxygen atoms in total. The Kier molecular flexibility index (Phi) is 4.72. The highest BCUT2D eigenvalue weighted by Crippen LogP contribution is 2.26. The molecule has 1 N–H and O–H groups in total. The molecule has 0 fully saturated rings. The van der Waals surface area contributed by atoms with Crippen molar-refractivity contribution in [1.29, 1.82) is 0 Å². The van der Waals surface area contributed by atoms with Crippen molar-refractivity contribution >= 4 is 23.2 Å². The zero-order valence-electron chi connectivity index (χ0n) is 13.7. The highest BCUT2D eigenvalue weighted by Gasteiger charge is 2.23. The van der Waals surface area contributed by atoms with Crippen LogP contribution in [0.2, 0.25) is 10.0 Å². The number of hydrogen-bond donors (Lipinski definition) is 1. The zero-order valence-corrected chi connectivity index (χ0v) is 15.3. The van der Waals surface area contributed by atoms with Crippen molar-refractivity contribution in [3.63, 3.8) is 0 Å². The normalized spacial score (nSPS) is 14.2. The Balaban J connectivity index is 1.61. The predicted octanol–water partition coefficient (Wildman–Crippen LogP) is 3.09. The molecule has 26 heavy (non-hydrogen) atoms. The first-order valence-electron chi connectivity index (χ1n) is 8.14. The number of nitrogens with one attached hydrogen (secondary N) is 1. The molecule has 132 valence electrons. The summed E-state index contributed by atoms with van der Waals surface area (Å²) in [6.45, 7) is 1.84. The molecular weight excluding hydrogens is 373 g/mol. The SMILES string of the molecule is O=c1[nH]c(-c2ccncc2)nc2c1CN(Cc1c(Cl)cncc1Cl)CC2. The summed E-state index contributed by atoms with van der Waals surface area (Å²) in [5.74, 6) is 0.574. The molecule has 0 radical (unpaired) electrons. The number of aromatic nitrogens is 4. The van der Waals surface area contributed by atoms with Crippen LogP contribution in [-0.2, 0) is 19.5 Å². The Hall–Kier alpha value is -2.28. The third-order valence-electron chi connectivity index (χ3n) is 4.44. The summed E-state index contributed by atoms with van der Waals surface area (Å²) in [5.41, 5.74) is 3.08. The van der Waals surface area contributed by atoms with Crippen LogP contribution in [0.1, 0.15) is 16.8 Å². The molecule has 4 rings (SSSR count). The molecule has 0 amide bonds. The molecular formula is C18H15Cl2N5O. The van der Waals surface area contributed by atoms with E-state index >= 15 is 0 Å². The van der Waals surface area contributed by atoms with E-state index in [-0.39, 0.29) is 5.56 Å². The number of fused-ring (bicyclic) bond motifs is 1. The Bertz CT molecular complexity index is 986. The Labute approximate surface area is 159 Å². The van der Waals surface area contributed by atoms with Crippen LogP contribution in [0.4, 0.5) is 0 Å². The summed E-state index contributed by atoms with van der Waals surface area (Å²) in [7, 11) is 0. The van der Waals surface area contributed by atoms with Crippen LogP contribution in [0.5, 0.6) is 0 Å². The van der Waals surface area contributed by atoms with Gasteiger partial charge in [0.1, 0.15) is 5.82 Å². The minimum atomic E-state index is -0.113. The number of aromatic amines is 1. The van der Waals surface area contributed by atoms with Gasteiger partial charge in [0.25, 0.3) is 5.56 Å². The van der Waals surface area contributed by atoms with Gasteiger partial charge in [-0.1, -0.05) is 23.2 Å². The third kappa shape index (κ3) is 3.35. The minimum Gasteiger partial charge on any atom is -0.306 e. The van der Waals surface area contributed by atoms with Crippen molar-refractivity contribution in [1.82, 2.24) is 24.8 Å². The number of H-pyrrole nitrogens is 1. The monoisotopic (exact) mass is 387 g/mol. The molecule has 1 aliphatic heterocycles. The molecule has 0 spiro atoms. The molecule has 3 aromatic heterocycles. The lowest BCUT2D eigenvalue weighted by Gasteiger charge is -2.28. The quantitative estimate of drug-likeness (QED) is 0.747. The average Bonchev–Trinajstić information content (AvgIpc) is 2.66. The van der Waals surface area contributed by atoms with Crippen molar-refractivity contribution in [2.24, 2.45) is 0 Å². The lowest BCUT2D eigenvalue weighted by molar-refractivity contribution is 0.242. The number of nitrogens with zero attached hydrogens (tertiary/aromatic N) is 4. The fourth-order valence-electron chi connectivity index (χ4n) is 3.08. The molecule has 0 aromatic carbocycles. The van der Waals surface area contributed by atoms with Crippen LogP contribution < -0.4 is 5.56 Å². The summed E-state index contributed by atoms with van der Waals surface area (Å²) in [5, 5.41) is 1.06. The summed E-state index contributed by atoms with van der Waals surface area (Å²) < 4.78 is 0. The Morgan fingerprint density at radius 3 is 2.58 bits per heavy atom. The molecule has 0 unspecified atom stereocenters. The Morgan fingerprint density at radius 1 is 1.12 bits per heavy atom. The fourth-order valence-corrected chi connectivity index (χ4v) is 3.56. The first-order chi connectivity index (χ1) is 12.6. The molecule has 0 aliphatic carbocycles. The molecule has 1 aliphatic rings. The van der Waals surface area contributed by atoms with Crippen LogP contribution in [0.3, 0.4) is 0 Å². The highest BCUT2D eigenvalue weighted by atomic mass is 35.5. The van der Waals surface area contributed by atoms with Gasteiger partial charge in [-0.25, -0.2) is 4.98 Å². The van der Waals surface area contributed by atoms with Gasteiger partial charge >= 0.3 is 0 Å². The number of hydrogen-bond acceptors (Lipinski definition) is 5. The maximum Gasteiger partial charge on any atom is 0.255 e. The van der Waals surface area contributed by atoms with E-state index < -0.39 is 0 Å². The maximum absolute atomic E-state index is 12.6. The molecule has 0 bridgehead atoms. The zero-order chi connectivity index (χ0) is 18.1. The second-order valence-corrected chi connectivity index (χ2v) is 6.93. The van der Waals surface area contributed by atoms with Crippen molar-refractivity contribution in [2.45, 2.75) is 19.5 Å². The van der Waals surface area contributed by atoms with Crippen LogP contribution in [0, 0.1) is 0 Å². The van der Waals surface area contributed by atoms with Crippen LogP contribution >= 0.6 is 23.2 Å². The smallest absolute Gasteiger partial charge is 0.255 e. The standard InChI is InChI=1S/C18H15Cl2N5O/c19-14-7-22-8-15(20)12(14)9-25-6-3-16-13(10-25)18(26)24-17(23-16)11-1-4-21-5-2-11/h1-2,4-5,7-8H,3,6,9-10H2,(H,23,24,26). The summed E-state index contributed by atoms with van der Waals surface area (Å²) in [6, 6.07) is 3.65. The van der Waals surface area contributed by atoms with E-state index in [1.165, 1.54) is 0 Å². The van der Waals surface area contributed by atoms with Crippen molar-refractivity contribution in [2.75, 3.05) is 6.54 Å². The Morgan fingerprint density at radius 2 is 1.85 bits per heavy atom. The molecule has 0 saturated heterocycles. The minimum absolute atomic E-state index is 0.113. The molecule has 8 heteroatoms. The fraction of sp³-hybridized carbons (Fsp3) is 0.222. The van der Waals surface area contributed by atoms with E-state index in [1.54, 1.807) is 24.8 Å². The lowest BCUT2D eigenvalue weighted by Crippen LogP contribution is -2.35. The van der Waals surface area contributed by atoms with Gasteiger partial charge in [-0.05, 0) is 12.1 Å². The molecule has 0 atom stereocenters. The lowest BCUT2D eigenvalue weighted by atomic mass is 10.1. The molecule has 0 saturated carbocycles. The maximum atomic E-state index is 12.6. The predicted molar refractivity (Wildman–Crippen MR) is 100 cm³/mol. The van der Waals surface area contributed by atoms with Crippen molar-refractivity contribution in [3.8, 4) is 11.4 Å². The number of rotatable bonds is 3. The number of halogens is 2. The van der Waals surface area contributed by atoms with E-state index in [4.69, 9.17) is 23.2 Å². The van der Waals surface area contributed by atoms with Crippen LogP contribution in [-0.4, -0.2) is 31.4 Å². The van der Waals surface area contributed by atoms with Crippen LogP contribution in [0.15, 0.2) is 41.7 Å². The van der Waals surface area contributed by atoms with E-state index in [9.17, 15) is 4.79 Å². The first-order valence-corrected chi connectivity index (χ1v) is 8.90. The van der Waals surface area contributed by atoms with Crippen LogP contribution in [0.25, 0.3) is 11.4 Å². The van der Waals surface area contributed by atoms with Gasteiger partial charge in [-0.3, -0.25) is 19.7 Å². The summed E-state index contributed by atoms with van der Waals surface area (Å²) in [4.78, 5) is 30.2. The van der Waals surface area contributed by atoms with E-state index in [1.807, 2.05) is 12.1 Å². The van der Waals surface area contributed by atoms with Gasteiger partial charge in [0.15, 0.2) is 0 Å². The highest BCUT2D eigenvalue weighted by molar-refractivity contribution is 6.35. The van der Waals surface area contributed by atoms with Gasteiger partial charge in [0, 0.05) is 62.0 Å². The summed E-state index contributed by atoms with van der Waals surface area (Å²) in [6.07, 6.45) is 7.21. The average molecular weight is 388 g/mol. The largest absolute Gasteiger partial charge is 0.306 e. The van der Waals surface area contributed by atoms with Crippen molar-refractivity contribution < 1.29 is 0 Å². The van der Waals surface area contributed by atoms with Gasteiger partial charge in [-0.2, -0.15) is 0 Å². The second kappa shape index (κ2) is 7.15. The first kappa shape index (κ1) is 17.1. The van der Waals surface area contributed by atoms with Gasteiger partial charge < -0.3 is 4.98 Å². The number of pyridine rings is 2. The van der Waals surface area contributed by atoms with Gasteiger partial charge in [-0.15, -0.1) is 0 Å². The van der Waals surface area contributed by atoms with Crippen molar-refractivity contribution in [3.05, 3.63) is 74.1 Å². The van der Waals surface area contributed by atoms with E-state index in [2.05, 4.69) is 24.8 Å². The topological polar surface area (TPSA) is 74.8 Å². The van der Waals surface area contributed by atoms with E-state index in [0.29, 0.717) is 40.9 Å². The third-order valence-corrected chi connectivity index (χ3v) is 5.09. The molecule has 4 heterocycles. The van der Waals surface area contributed by atoms with Gasteiger partial charge in [0.05, 0.1) is 21.3 Å². The molecule has 3 aromatic rings.